The summed E-state index contributed by atoms with van der Waals surface area (Å²) in [6.07, 6.45) is 0.821. The van der Waals surface area contributed by atoms with E-state index in [1.54, 1.807) is 7.11 Å². The highest BCUT2D eigenvalue weighted by Gasteiger charge is 2.03. The molecule has 76 valence electrons. The summed E-state index contributed by atoms with van der Waals surface area (Å²) in [4.78, 5) is 15.1. The molecule has 0 fully saturated rings. The second kappa shape index (κ2) is 3.69. The Morgan fingerprint density at radius 2 is 2.13 bits per heavy atom. The monoisotopic (exact) mass is 201 g/mol. The molecule has 3 nitrogen and oxygen atoms in total. The van der Waals surface area contributed by atoms with E-state index in [2.05, 4.69) is 4.98 Å². The largest absolute Gasteiger partial charge is 0.497 e. The number of carbonyl (C=O) groups is 1. The zero-order valence-electron chi connectivity index (χ0n) is 8.65. The number of benzene rings is 1. The molecule has 1 aromatic carbocycles. The molecule has 2 aromatic rings. The van der Waals surface area contributed by atoms with Crippen molar-refractivity contribution in [1.29, 1.82) is 0 Å². The van der Waals surface area contributed by atoms with Crippen molar-refractivity contribution < 1.29 is 9.53 Å². The van der Waals surface area contributed by atoms with Gasteiger partial charge in [0, 0.05) is 16.6 Å². The van der Waals surface area contributed by atoms with E-state index in [9.17, 15) is 4.79 Å². The van der Waals surface area contributed by atoms with E-state index in [-0.39, 0.29) is 0 Å². The molecule has 0 aliphatic rings. The van der Waals surface area contributed by atoms with Crippen molar-refractivity contribution in [1.82, 2.24) is 4.98 Å². The van der Waals surface area contributed by atoms with Gasteiger partial charge in [0.2, 0.25) is 0 Å². The van der Waals surface area contributed by atoms with Crippen molar-refractivity contribution in [2.24, 2.45) is 0 Å². The van der Waals surface area contributed by atoms with E-state index in [0.717, 1.165) is 28.6 Å². The van der Waals surface area contributed by atoms with Gasteiger partial charge in [-0.3, -0.25) is 9.78 Å². The van der Waals surface area contributed by atoms with E-state index in [1.165, 1.54) is 0 Å². The second-order valence-corrected chi connectivity index (χ2v) is 3.34. The van der Waals surface area contributed by atoms with Gasteiger partial charge in [0.15, 0.2) is 6.29 Å². The number of hydrogen-bond donors (Lipinski definition) is 0. The lowest BCUT2D eigenvalue weighted by atomic mass is 10.1. The minimum atomic E-state index is 0.621. The molecule has 0 spiro atoms. The fraction of sp³-hybridized carbons (Fsp3) is 0.167. The molecule has 0 N–H and O–H groups in total. The fourth-order valence-electron chi connectivity index (χ4n) is 1.51. The number of pyridine rings is 1. The minimum absolute atomic E-state index is 0.621. The SMILES string of the molecule is COc1ccc2nc(C)c(C=O)cc2c1. The van der Waals surface area contributed by atoms with Crippen LogP contribution in [-0.2, 0) is 0 Å². The molecule has 0 saturated carbocycles. The van der Waals surface area contributed by atoms with E-state index in [4.69, 9.17) is 4.74 Å². The average molecular weight is 201 g/mol. The van der Waals surface area contributed by atoms with Crippen LogP contribution in [0.4, 0.5) is 0 Å². The Kier molecular flexibility index (Phi) is 2.37. The first-order valence-electron chi connectivity index (χ1n) is 4.65. The number of nitrogens with zero attached hydrogens (tertiary/aromatic N) is 1. The number of aldehydes is 1. The Morgan fingerprint density at radius 3 is 2.80 bits per heavy atom. The van der Waals surface area contributed by atoms with Gasteiger partial charge < -0.3 is 4.74 Å². The number of aromatic nitrogens is 1. The molecule has 2 rings (SSSR count). The lowest BCUT2D eigenvalue weighted by molar-refractivity contribution is 0.112. The lowest BCUT2D eigenvalue weighted by Crippen LogP contribution is -1.92. The summed E-state index contributed by atoms with van der Waals surface area (Å²) in [5, 5.41) is 0.919. The van der Waals surface area contributed by atoms with Crippen LogP contribution in [0, 0.1) is 6.92 Å². The van der Waals surface area contributed by atoms with E-state index in [0.29, 0.717) is 5.56 Å². The molecule has 0 bridgehead atoms. The Balaban J connectivity index is 2.71. The van der Waals surface area contributed by atoms with Crippen molar-refractivity contribution in [3.05, 3.63) is 35.5 Å². The first-order chi connectivity index (χ1) is 7.24. The third-order valence-electron chi connectivity index (χ3n) is 2.38. The van der Waals surface area contributed by atoms with Crippen LogP contribution in [0.3, 0.4) is 0 Å². The molecule has 0 atom stereocenters. The van der Waals surface area contributed by atoms with Crippen molar-refractivity contribution in [3.8, 4) is 5.75 Å². The van der Waals surface area contributed by atoms with Crippen LogP contribution in [0.15, 0.2) is 24.3 Å². The van der Waals surface area contributed by atoms with Crippen LogP contribution in [-0.4, -0.2) is 18.4 Å². The average Bonchev–Trinajstić information content (AvgIpc) is 2.27. The summed E-state index contributed by atoms with van der Waals surface area (Å²) in [5.74, 6) is 0.769. The smallest absolute Gasteiger partial charge is 0.151 e. The zero-order valence-corrected chi connectivity index (χ0v) is 8.65. The summed E-state index contributed by atoms with van der Waals surface area (Å²) in [6.45, 7) is 1.83. The molecule has 0 aliphatic heterocycles. The number of methoxy groups -OCH3 is 1. The summed E-state index contributed by atoms with van der Waals surface area (Å²) < 4.78 is 5.11. The third kappa shape index (κ3) is 1.68. The summed E-state index contributed by atoms with van der Waals surface area (Å²) >= 11 is 0. The first-order valence-corrected chi connectivity index (χ1v) is 4.65. The number of rotatable bonds is 2. The molecular formula is C12H11NO2. The summed E-state index contributed by atoms with van der Waals surface area (Å²) in [7, 11) is 1.61. The van der Waals surface area contributed by atoms with E-state index >= 15 is 0 Å². The highest BCUT2D eigenvalue weighted by atomic mass is 16.5. The van der Waals surface area contributed by atoms with Gasteiger partial charge in [-0.25, -0.2) is 0 Å². The topological polar surface area (TPSA) is 39.2 Å². The van der Waals surface area contributed by atoms with Crippen LogP contribution in [0.5, 0.6) is 5.75 Å². The van der Waals surface area contributed by atoms with Crippen molar-refractivity contribution in [2.75, 3.05) is 7.11 Å². The van der Waals surface area contributed by atoms with Gasteiger partial charge in [-0.2, -0.15) is 0 Å². The molecule has 0 radical (unpaired) electrons. The van der Waals surface area contributed by atoms with Crippen LogP contribution in [0.2, 0.25) is 0 Å². The maximum Gasteiger partial charge on any atom is 0.151 e. The highest BCUT2D eigenvalue weighted by Crippen LogP contribution is 2.20. The Hall–Kier alpha value is -1.90. The number of carbonyl (C=O) groups excluding carboxylic acids is 1. The van der Waals surface area contributed by atoms with Crippen molar-refractivity contribution >= 4 is 17.2 Å². The van der Waals surface area contributed by atoms with Crippen LogP contribution in [0.25, 0.3) is 10.9 Å². The van der Waals surface area contributed by atoms with Gasteiger partial charge in [-0.15, -0.1) is 0 Å². The second-order valence-electron chi connectivity index (χ2n) is 3.34. The maximum absolute atomic E-state index is 10.8. The van der Waals surface area contributed by atoms with Crippen molar-refractivity contribution in [3.63, 3.8) is 0 Å². The van der Waals surface area contributed by atoms with Crippen LogP contribution in [0.1, 0.15) is 16.1 Å². The fourth-order valence-corrected chi connectivity index (χ4v) is 1.51. The molecule has 0 saturated heterocycles. The van der Waals surface area contributed by atoms with Gasteiger partial charge in [-0.1, -0.05) is 0 Å². The minimum Gasteiger partial charge on any atom is -0.497 e. The van der Waals surface area contributed by atoms with Gasteiger partial charge in [0.1, 0.15) is 5.75 Å². The predicted molar refractivity (Wildman–Crippen MR) is 58.4 cm³/mol. The molecule has 0 amide bonds. The molecule has 1 aromatic heterocycles. The van der Waals surface area contributed by atoms with Crippen LogP contribution < -0.4 is 4.74 Å². The molecular weight excluding hydrogens is 190 g/mol. The molecule has 0 aliphatic carbocycles. The first kappa shape index (κ1) is 9.65. The molecule has 1 heterocycles. The van der Waals surface area contributed by atoms with E-state index in [1.807, 2.05) is 31.2 Å². The van der Waals surface area contributed by atoms with Crippen molar-refractivity contribution in [2.45, 2.75) is 6.92 Å². The van der Waals surface area contributed by atoms with Gasteiger partial charge in [0.05, 0.1) is 12.6 Å². The quantitative estimate of drug-likeness (QED) is 0.700. The Morgan fingerprint density at radius 1 is 1.33 bits per heavy atom. The molecule has 15 heavy (non-hydrogen) atoms. The molecule has 3 heteroatoms. The highest BCUT2D eigenvalue weighted by molar-refractivity contribution is 5.87. The lowest BCUT2D eigenvalue weighted by Gasteiger charge is -2.04. The molecule has 0 unspecified atom stereocenters. The predicted octanol–water partition coefficient (Wildman–Crippen LogP) is 2.36. The third-order valence-corrected chi connectivity index (χ3v) is 2.38. The van der Waals surface area contributed by atoms with E-state index < -0.39 is 0 Å². The number of fused-ring (bicyclic) bond motifs is 1. The summed E-state index contributed by atoms with van der Waals surface area (Å²) in [6, 6.07) is 7.44. The maximum atomic E-state index is 10.8. The number of aryl methyl sites for hydroxylation is 1. The zero-order chi connectivity index (χ0) is 10.8. The van der Waals surface area contributed by atoms with Gasteiger partial charge in [-0.05, 0) is 31.2 Å². The standard InChI is InChI=1S/C12H11NO2/c1-8-10(7-14)5-9-6-11(15-2)3-4-12(9)13-8/h3-7H,1-2H3. The van der Waals surface area contributed by atoms with Gasteiger partial charge >= 0.3 is 0 Å². The van der Waals surface area contributed by atoms with Gasteiger partial charge in [0.25, 0.3) is 0 Å². The summed E-state index contributed by atoms with van der Waals surface area (Å²) in [5.41, 5.74) is 2.25. The Bertz CT molecular complexity index is 520. The number of ether oxygens (including phenoxy) is 1. The number of hydrogen-bond acceptors (Lipinski definition) is 3. The Labute approximate surface area is 87.7 Å². The van der Waals surface area contributed by atoms with Crippen LogP contribution >= 0.6 is 0 Å². The normalized spacial score (nSPS) is 10.3.